The van der Waals surface area contributed by atoms with E-state index in [-0.39, 0.29) is 11.6 Å². The van der Waals surface area contributed by atoms with Gasteiger partial charge in [-0.15, -0.1) is 0 Å². The van der Waals surface area contributed by atoms with E-state index in [0.717, 1.165) is 17.0 Å². The molecule has 2 aromatic rings. The van der Waals surface area contributed by atoms with E-state index in [2.05, 4.69) is 40.8 Å². The molecule has 24 heavy (non-hydrogen) atoms. The molecule has 0 aliphatic carbocycles. The third kappa shape index (κ3) is 3.20. The van der Waals surface area contributed by atoms with Crippen molar-refractivity contribution in [1.82, 2.24) is 14.5 Å². The molecule has 0 spiro atoms. The van der Waals surface area contributed by atoms with Crippen LogP contribution in [-0.4, -0.2) is 21.1 Å². The van der Waals surface area contributed by atoms with Crippen molar-refractivity contribution >= 4 is 18.0 Å². The summed E-state index contributed by atoms with van der Waals surface area (Å²) < 4.78 is 2.35. The van der Waals surface area contributed by atoms with Crippen LogP contribution in [0.25, 0.3) is 0 Å². The number of anilines is 1. The molecule has 126 valence electrons. The summed E-state index contributed by atoms with van der Waals surface area (Å²) >= 11 is 5.31. The molecular formula is C18H22N4OS. The normalized spacial score (nSPS) is 15.4. The third-order valence-corrected chi connectivity index (χ3v) is 4.69. The van der Waals surface area contributed by atoms with Crippen LogP contribution in [0.4, 0.5) is 5.82 Å². The van der Waals surface area contributed by atoms with Gasteiger partial charge in [-0.1, -0.05) is 42.5 Å². The Morgan fingerprint density at radius 2 is 2.08 bits per heavy atom. The predicted octanol–water partition coefficient (Wildman–Crippen LogP) is 3.43. The van der Waals surface area contributed by atoms with Crippen molar-refractivity contribution in [2.24, 2.45) is 0 Å². The van der Waals surface area contributed by atoms with E-state index in [9.17, 15) is 4.79 Å². The Kier molecular flexibility index (Phi) is 4.69. The molecule has 1 aliphatic rings. The minimum absolute atomic E-state index is 0.120. The molecule has 0 saturated carbocycles. The number of fused-ring (bicyclic) bond motifs is 1. The highest BCUT2D eigenvalue weighted by molar-refractivity contribution is 7.71. The van der Waals surface area contributed by atoms with Gasteiger partial charge in [0, 0.05) is 19.1 Å². The molecule has 0 bridgehead atoms. The first kappa shape index (κ1) is 16.7. The summed E-state index contributed by atoms with van der Waals surface area (Å²) in [7, 11) is 0. The van der Waals surface area contributed by atoms with Gasteiger partial charge in [-0.25, -0.2) is 0 Å². The molecule has 5 nitrogen and oxygen atoms in total. The first-order chi connectivity index (χ1) is 11.5. The van der Waals surface area contributed by atoms with Crippen LogP contribution < -0.4 is 10.9 Å². The Labute approximate surface area is 146 Å². The van der Waals surface area contributed by atoms with Crippen LogP contribution in [0.5, 0.6) is 0 Å². The fourth-order valence-electron chi connectivity index (χ4n) is 3.03. The van der Waals surface area contributed by atoms with Gasteiger partial charge in [-0.3, -0.25) is 14.7 Å². The van der Waals surface area contributed by atoms with Crippen LogP contribution in [0, 0.1) is 4.77 Å². The average molecular weight is 342 g/mol. The lowest BCUT2D eigenvalue weighted by Gasteiger charge is -2.35. The number of H-pyrrole nitrogens is 1. The van der Waals surface area contributed by atoms with Crippen molar-refractivity contribution < 1.29 is 0 Å². The number of benzene rings is 1. The van der Waals surface area contributed by atoms with Gasteiger partial charge in [0.2, 0.25) is 0 Å². The number of nitrogens with one attached hydrogen (secondary N) is 2. The van der Waals surface area contributed by atoms with Crippen molar-refractivity contribution in [1.29, 1.82) is 0 Å². The predicted molar refractivity (Wildman–Crippen MR) is 99.6 cm³/mol. The highest BCUT2D eigenvalue weighted by Crippen LogP contribution is 2.27. The number of hydrogen-bond donors (Lipinski definition) is 2. The van der Waals surface area contributed by atoms with E-state index in [1.54, 1.807) is 0 Å². The number of hydrogen-bond acceptors (Lipinski definition) is 4. The Bertz CT molecular complexity index is 869. The maximum Gasteiger partial charge on any atom is 0.258 e. The van der Waals surface area contributed by atoms with Gasteiger partial charge in [0.15, 0.2) is 4.77 Å². The molecule has 1 aromatic heterocycles. The SMILES string of the molecule is C=C(C)Cn1c2c(c(=O)[nH]c1=S)CN(C(C)c1ccccc1)CN2. The van der Waals surface area contributed by atoms with Gasteiger partial charge in [-0.2, -0.15) is 0 Å². The van der Waals surface area contributed by atoms with Crippen molar-refractivity contribution in [3.8, 4) is 0 Å². The molecule has 0 saturated heterocycles. The van der Waals surface area contributed by atoms with Crippen molar-refractivity contribution in [2.45, 2.75) is 33.0 Å². The zero-order chi connectivity index (χ0) is 17.3. The molecule has 0 radical (unpaired) electrons. The topological polar surface area (TPSA) is 53.1 Å². The second kappa shape index (κ2) is 6.75. The molecule has 0 amide bonds. The van der Waals surface area contributed by atoms with E-state index in [0.29, 0.717) is 24.5 Å². The number of allylic oxidation sites excluding steroid dienone is 1. The third-order valence-electron chi connectivity index (χ3n) is 4.36. The minimum atomic E-state index is -0.120. The van der Waals surface area contributed by atoms with E-state index < -0.39 is 0 Å². The van der Waals surface area contributed by atoms with Gasteiger partial charge in [0.25, 0.3) is 5.56 Å². The lowest BCUT2D eigenvalue weighted by molar-refractivity contribution is 0.206. The maximum absolute atomic E-state index is 12.4. The van der Waals surface area contributed by atoms with E-state index >= 15 is 0 Å². The first-order valence-corrected chi connectivity index (χ1v) is 8.41. The average Bonchev–Trinajstić information content (AvgIpc) is 2.58. The molecular weight excluding hydrogens is 320 g/mol. The van der Waals surface area contributed by atoms with Gasteiger partial charge in [0.05, 0.1) is 12.2 Å². The van der Waals surface area contributed by atoms with Crippen LogP contribution in [-0.2, 0) is 13.1 Å². The molecule has 1 aliphatic heterocycles. The zero-order valence-electron chi connectivity index (χ0n) is 14.0. The fraction of sp³-hybridized carbons (Fsp3) is 0.333. The minimum Gasteiger partial charge on any atom is -0.358 e. The maximum atomic E-state index is 12.4. The second-order valence-corrected chi connectivity index (χ2v) is 6.68. The number of nitrogens with zero attached hydrogens (tertiary/aromatic N) is 2. The lowest BCUT2D eigenvalue weighted by Crippen LogP contribution is -2.40. The molecule has 1 atom stereocenters. The molecule has 2 heterocycles. The van der Waals surface area contributed by atoms with Gasteiger partial charge in [-0.05, 0) is 31.6 Å². The monoisotopic (exact) mass is 342 g/mol. The molecule has 2 N–H and O–H groups in total. The number of rotatable bonds is 4. The fourth-order valence-corrected chi connectivity index (χ4v) is 3.28. The van der Waals surface area contributed by atoms with Crippen molar-refractivity contribution in [2.75, 3.05) is 12.0 Å². The second-order valence-electron chi connectivity index (χ2n) is 6.30. The van der Waals surface area contributed by atoms with Crippen LogP contribution in [0.15, 0.2) is 47.3 Å². The zero-order valence-corrected chi connectivity index (χ0v) is 14.8. The first-order valence-electron chi connectivity index (χ1n) is 8.00. The van der Waals surface area contributed by atoms with Crippen molar-refractivity contribution in [3.05, 3.63) is 68.7 Å². The van der Waals surface area contributed by atoms with Crippen molar-refractivity contribution in [3.63, 3.8) is 0 Å². The Balaban J connectivity index is 1.95. The van der Waals surface area contributed by atoms with Crippen LogP contribution in [0.1, 0.15) is 31.0 Å². The summed E-state index contributed by atoms with van der Waals surface area (Å²) in [5, 5.41) is 3.38. The molecule has 6 heteroatoms. The van der Waals surface area contributed by atoms with E-state index in [1.165, 1.54) is 5.56 Å². The van der Waals surface area contributed by atoms with E-state index in [4.69, 9.17) is 12.2 Å². The number of aromatic nitrogens is 2. The summed E-state index contributed by atoms with van der Waals surface area (Å²) in [6, 6.07) is 10.5. The summed E-state index contributed by atoms with van der Waals surface area (Å²) in [5.41, 5.74) is 2.82. The smallest absolute Gasteiger partial charge is 0.258 e. The lowest BCUT2D eigenvalue weighted by atomic mass is 10.1. The molecule has 0 fully saturated rings. The highest BCUT2D eigenvalue weighted by Gasteiger charge is 2.25. The van der Waals surface area contributed by atoms with Gasteiger partial charge >= 0.3 is 0 Å². The summed E-state index contributed by atoms with van der Waals surface area (Å²) in [4.78, 5) is 17.4. The number of aromatic amines is 1. The molecule has 3 rings (SSSR count). The highest BCUT2D eigenvalue weighted by atomic mass is 32.1. The summed E-state index contributed by atoms with van der Waals surface area (Å²) in [5.74, 6) is 0.809. The Morgan fingerprint density at radius 3 is 2.75 bits per heavy atom. The summed E-state index contributed by atoms with van der Waals surface area (Å²) in [6.07, 6.45) is 0. The van der Waals surface area contributed by atoms with Crippen LogP contribution in [0.3, 0.4) is 0 Å². The standard InChI is InChI=1S/C18H22N4OS/c1-12(2)9-22-16-15(17(23)20-18(22)24)10-21(11-19-16)13(3)14-7-5-4-6-8-14/h4-8,13,19H,1,9-11H2,2-3H3,(H,20,23,24). The summed E-state index contributed by atoms with van der Waals surface area (Å²) in [6.45, 7) is 9.89. The Morgan fingerprint density at radius 1 is 1.38 bits per heavy atom. The molecule has 1 unspecified atom stereocenters. The molecule has 1 aromatic carbocycles. The largest absolute Gasteiger partial charge is 0.358 e. The van der Waals surface area contributed by atoms with Gasteiger partial charge in [0.1, 0.15) is 5.82 Å². The van der Waals surface area contributed by atoms with Crippen LogP contribution >= 0.6 is 12.2 Å². The quantitative estimate of drug-likeness (QED) is 0.660. The Hall–Kier alpha value is -2.18. The van der Waals surface area contributed by atoms with Crippen LogP contribution in [0.2, 0.25) is 0 Å². The van der Waals surface area contributed by atoms with E-state index in [1.807, 2.05) is 29.7 Å². The van der Waals surface area contributed by atoms with Gasteiger partial charge < -0.3 is 9.88 Å².